The number of nitro benzene ring substituents is 1. The van der Waals surface area contributed by atoms with E-state index in [-0.39, 0.29) is 11.4 Å². The third-order valence-corrected chi connectivity index (χ3v) is 4.94. The number of hydrogen-bond donors (Lipinski definition) is 1. The van der Waals surface area contributed by atoms with E-state index < -0.39 is 4.92 Å². The molecule has 5 rings (SSSR count). The first-order valence-corrected chi connectivity index (χ1v) is 8.96. The van der Waals surface area contributed by atoms with Crippen molar-refractivity contribution in [3.8, 4) is 5.75 Å². The lowest BCUT2D eigenvalue weighted by molar-refractivity contribution is -0.384. The molecule has 0 bridgehead atoms. The lowest BCUT2D eigenvalue weighted by Gasteiger charge is -2.05. The summed E-state index contributed by atoms with van der Waals surface area (Å²) in [6, 6.07) is 21.2. The fourth-order valence-corrected chi connectivity index (χ4v) is 3.51. The molecule has 6 heteroatoms. The monoisotopic (exact) mass is 382 g/mol. The van der Waals surface area contributed by atoms with Crippen molar-refractivity contribution in [2.75, 3.05) is 0 Å². The zero-order valence-corrected chi connectivity index (χ0v) is 15.1. The Morgan fingerprint density at radius 1 is 0.897 bits per heavy atom. The molecule has 6 nitrogen and oxygen atoms in total. The van der Waals surface area contributed by atoms with Crippen LogP contribution in [0.3, 0.4) is 0 Å². The molecule has 1 heterocycles. The van der Waals surface area contributed by atoms with E-state index in [2.05, 4.69) is 4.99 Å². The number of phenols is 1. The van der Waals surface area contributed by atoms with Gasteiger partial charge >= 0.3 is 0 Å². The van der Waals surface area contributed by atoms with Crippen molar-refractivity contribution in [2.45, 2.75) is 0 Å². The van der Waals surface area contributed by atoms with Gasteiger partial charge in [0.1, 0.15) is 16.9 Å². The molecule has 0 fully saturated rings. The maximum atomic E-state index is 11.0. The minimum Gasteiger partial charge on any atom is -0.507 e. The van der Waals surface area contributed by atoms with Crippen LogP contribution in [0, 0.1) is 10.1 Å². The van der Waals surface area contributed by atoms with Gasteiger partial charge in [0, 0.05) is 40.7 Å². The summed E-state index contributed by atoms with van der Waals surface area (Å²) in [5.74, 6) is 0.0555. The highest BCUT2D eigenvalue weighted by Crippen LogP contribution is 2.32. The van der Waals surface area contributed by atoms with Gasteiger partial charge in [-0.25, -0.2) is 0 Å². The summed E-state index contributed by atoms with van der Waals surface area (Å²) in [5, 5.41) is 24.7. The molecule has 0 amide bonds. The van der Waals surface area contributed by atoms with E-state index in [9.17, 15) is 15.2 Å². The van der Waals surface area contributed by atoms with Gasteiger partial charge in [0.15, 0.2) is 0 Å². The number of phenolic OH excluding ortho intramolecular Hbond substituents is 1. The van der Waals surface area contributed by atoms with Gasteiger partial charge in [-0.15, -0.1) is 0 Å². The highest BCUT2D eigenvalue weighted by molar-refractivity contribution is 6.06. The van der Waals surface area contributed by atoms with Crippen LogP contribution in [-0.2, 0) is 0 Å². The normalized spacial score (nSPS) is 11.7. The lowest BCUT2D eigenvalue weighted by atomic mass is 10.0. The second-order valence-corrected chi connectivity index (χ2v) is 6.70. The van der Waals surface area contributed by atoms with Gasteiger partial charge in [0.25, 0.3) is 5.69 Å². The molecule has 1 N–H and O–H groups in total. The molecule has 0 saturated heterocycles. The van der Waals surface area contributed by atoms with Crippen LogP contribution in [0.15, 0.2) is 82.2 Å². The molecule has 0 aliphatic rings. The number of benzene rings is 4. The molecule has 0 atom stereocenters. The van der Waals surface area contributed by atoms with Crippen LogP contribution >= 0.6 is 0 Å². The Morgan fingerprint density at radius 2 is 1.69 bits per heavy atom. The van der Waals surface area contributed by atoms with Crippen LogP contribution in [0.1, 0.15) is 5.56 Å². The lowest BCUT2D eigenvalue weighted by Crippen LogP contribution is -1.90. The third-order valence-electron chi connectivity index (χ3n) is 4.94. The number of rotatable bonds is 3. The molecule has 5 aromatic rings. The van der Waals surface area contributed by atoms with Crippen molar-refractivity contribution in [3.63, 3.8) is 0 Å². The fourth-order valence-electron chi connectivity index (χ4n) is 3.51. The molecule has 0 saturated carbocycles. The summed E-state index contributed by atoms with van der Waals surface area (Å²) in [6.07, 6.45) is 1.56. The molecule has 140 valence electrons. The predicted molar refractivity (Wildman–Crippen MR) is 113 cm³/mol. The Bertz CT molecular complexity index is 1450. The molecule has 1 aromatic heterocycles. The van der Waals surface area contributed by atoms with E-state index in [0.29, 0.717) is 22.0 Å². The number of para-hydroxylation sites is 1. The van der Waals surface area contributed by atoms with Gasteiger partial charge in [-0.05, 0) is 41.1 Å². The Balaban J connectivity index is 1.58. The summed E-state index contributed by atoms with van der Waals surface area (Å²) >= 11 is 0. The van der Waals surface area contributed by atoms with Crippen molar-refractivity contribution in [1.29, 1.82) is 0 Å². The standard InChI is InChI=1S/C23H14N2O4/c26-21-10-5-14-11-16(25(27)28)7-9-17(14)20(21)13-24-15-6-8-19-18-3-1-2-4-22(18)29-23(19)12-15/h1-13,26H. The zero-order valence-electron chi connectivity index (χ0n) is 15.1. The molecular weight excluding hydrogens is 368 g/mol. The van der Waals surface area contributed by atoms with E-state index >= 15 is 0 Å². The highest BCUT2D eigenvalue weighted by atomic mass is 16.6. The van der Waals surface area contributed by atoms with Gasteiger partial charge in [0.2, 0.25) is 0 Å². The van der Waals surface area contributed by atoms with Crippen LogP contribution in [-0.4, -0.2) is 16.2 Å². The molecule has 0 unspecified atom stereocenters. The molecule has 0 radical (unpaired) electrons. The molecule has 29 heavy (non-hydrogen) atoms. The quantitative estimate of drug-likeness (QED) is 0.232. The van der Waals surface area contributed by atoms with Gasteiger partial charge < -0.3 is 9.52 Å². The molecule has 4 aromatic carbocycles. The molecule has 0 aliphatic heterocycles. The SMILES string of the molecule is O=[N+]([O-])c1ccc2c(C=Nc3ccc4c(c3)oc3ccccc34)c(O)ccc2c1. The summed E-state index contributed by atoms with van der Waals surface area (Å²) in [7, 11) is 0. The Morgan fingerprint density at radius 3 is 2.55 bits per heavy atom. The average molecular weight is 382 g/mol. The number of aliphatic imine (C=N–C) groups is 1. The van der Waals surface area contributed by atoms with Crippen molar-refractivity contribution < 1.29 is 14.4 Å². The fraction of sp³-hybridized carbons (Fsp3) is 0. The second kappa shape index (κ2) is 6.45. The van der Waals surface area contributed by atoms with Gasteiger partial charge in [0.05, 0.1) is 10.6 Å². The number of nitrogens with zero attached hydrogens (tertiary/aromatic N) is 2. The topological polar surface area (TPSA) is 88.9 Å². The van der Waals surface area contributed by atoms with E-state index in [1.807, 2.05) is 42.5 Å². The van der Waals surface area contributed by atoms with E-state index in [1.54, 1.807) is 18.3 Å². The summed E-state index contributed by atoms with van der Waals surface area (Å²) in [5.41, 5.74) is 2.73. The summed E-state index contributed by atoms with van der Waals surface area (Å²) in [4.78, 5) is 15.0. The second-order valence-electron chi connectivity index (χ2n) is 6.70. The molecule has 0 spiro atoms. The van der Waals surface area contributed by atoms with Crippen molar-refractivity contribution in [3.05, 3.63) is 88.5 Å². The Hall–Kier alpha value is -4.19. The number of nitro groups is 1. The maximum Gasteiger partial charge on any atom is 0.270 e. The van der Waals surface area contributed by atoms with Gasteiger partial charge in [-0.1, -0.05) is 24.3 Å². The first-order chi connectivity index (χ1) is 14.1. The van der Waals surface area contributed by atoms with Crippen LogP contribution in [0.25, 0.3) is 32.7 Å². The minimum atomic E-state index is -0.442. The molecule has 0 aliphatic carbocycles. The Kier molecular flexibility index (Phi) is 3.77. The average Bonchev–Trinajstić information content (AvgIpc) is 3.10. The highest BCUT2D eigenvalue weighted by Gasteiger charge is 2.11. The van der Waals surface area contributed by atoms with Crippen molar-refractivity contribution in [2.24, 2.45) is 4.99 Å². The van der Waals surface area contributed by atoms with Crippen molar-refractivity contribution >= 4 is 50.3 Å². The largest absolute Gasteiger partial charge is 0.507 e. The number of non-ortho nitro benzene ring substituents is 1. The first kappa shape index (κ1) is 16.9. The van der Waals surface area contributed by atoms with Gasteiger partial charge in [-0.2, -0.15) is 0 Å². The zero-order chi connectivity index (χ0) is 20.0. The molecular formula is C23H14N2O4. The smallest absolute Gasteiger partial charge is 0.270 e. The third kappa shape index (κ3) is 2.87. The minimum absolute atomic E-state index is 0.00131. The van der Waals surface area contributed by atoms with E-state index in [1.165, 1.54) is 18.2 Å². The van der Waals surface area contributed by atoms with Gasteiger partial charge in [-0.3, -0.25) is 15.1 Å². The maximum absolute atomic E-state index is 11.0. The van der Waals surface area contributed by atoms with Crippen LogP contribution < -0.4 is 0 Å². The number of furan rings is 1. The Labute approximate surface area is 164 Å². The van der Waals surface area contributed by atoms with E-state index in [0.717, 1.165) is 21.9 Å². The predicted octanol–water partition coefficient (Wildman–Crippen LogP) is 6.10. The van der Waals surface area contributed by atoms with E-state index in [4.69, 9.17) is 4.42 Å². The van der Waals surface area contributed by atoms with Crippen molar-refractivity contribution in [1.82, 2.24) is 0 Å². The number of hydrogen-bond acceptors (Lipinski definition) is 5. The number of aromatic hydroxyl groups is 1. The van der Waals surface area contributed by atoms with Crippen LogP contribution in [0.5, 0.6) is 5.75 Å². The first-order valence-electron chi connectivity index (χ1n) is 8.96. The number of fused-ring (bicyclic) bond motifs is 4. The summed E-state index contributed by atoms with van der Waals surface area (Å²) in [6.45, 7) is 0. The van der Waals surface area contributed by atoms with Crippen LogP contribution in [0.2, 0.25) is 0 Å². The summed E-state index contributed by atoms with van der Waals surface area (Å²) < 4.78 is 5.89. The van der Waals surface area contributed by atoms with Crippen LogP contribution in [0.4, 0.5) is 11.4 Å².